The lowest BCUT2D eigenvalue weighted by Crippen LogP contribution is -1.94. The molecule has 0 spiro atoms. The minimum atomic E-state index is 0.202. The quantitative estimate of drug-likeness (QED) is 0.620. The Morgan fingerprint density at radius 2 is 2.38 bits per heavy atom. The van der Waals surface area contributed by atoms with Crippen molar-refractivity contribution in [1.29, 1.82) is 5.26 Å². The number of nitrogens with zero attached hydrogens (tertiary/aromatic N) is 5. The van der Waals surface area contributed by atoms with Gasteiger partial charge in [0.05, 0.1) is 6.20 Å². The summed E-state index contributed by atoms with van der Waals surface area (Å²) in [7, 11) is 0. The average Bonchev–Trinajstić information content (AvgIpc) is 2.71. The molecule has 0 N–H and O–H groups in total. The lowest BCUT2D eigenvalue weighted by atomic mass is 10.4. The SMILES string of the molecule is N#Cc1cnnc(-c2cocn2)n1. The highest BCUT2D eigenvalue weighted by atomic mass is 16.3. The van der Waals surface area contributed by atoms with Crippen LogP contribution in [0.2, 0.25) is 0 Å². The molecule has 0 bridgehead atoms. The molecule has 0 aromatic carbocycles. The highest BCUT2D eigenvalue weighted by Crippen LogP contribution is 2.09. The van der Waals surface area contributed by atoms with E-state index in [9.17, 15) is 0 Å². The van der Waals surface area contributed by atoms with Crippen molar-refractivity contribution in [3.63, 3.8) is 0 Å². The van der Waals surface area contributed by atoms with Crippen LogP contribution in [0.5, 0.6) is 0 Å². The molecule has 0 amide bonds. The largest absolute Gasteiger partial charge is 0.451 e. The molecule has 2 rings (SSSR count). The van der Waals surface area contributed by atoms with Crippen LogP contribution < -0.4 is 0 Å². The molecule has 0 unspecified atom stereocenters. The van der Waals surface area contributed by atoms with Crippen LogP contribution >= 0.6 is 0 Å². The summed E-state index contributed by atoms with van der Waals surface area (Å²) < 4.78 is 4.74. The summed E-state index contributed by atoms with van der Waals surface area (Å²) in [5, 5.41) is 15.8. The molecule has 0 saturated carbocycles. The first kappa shape index (κ1) is 7.36. The molecule has 0 aliphatic heterocycles. The first-order chi connectivity index (χ1) is 6.40. The van der Waals surface area contributed by atoms with Gasteiger partial charge in [0, 0.05) is 0 Å². The van der Waals surface area contributed by atoms with E-state index in [0.717, 1.165) is 0 Å². The van der Waals surface area contributed by atoms with E-state index in [1.165, 1.54) is 18.9 Å². The molecule has 0 aliphatic rings. The van der Waals surface area contributed by atoms with Gasteiger partial charge in [0.1, 0.15) is 18.0 Å². The molecule has 6 heteroatoms. The van der Waals surface area contributed by atoms with Gasteiger partial charge in [-0.05, 0) is 0 Å². The van der Waals surface area contributed by atoms with Crippen molar-refractivity contribution < 1.29 is 4.42 Å². The average molecular weight is 173 g/mol. The van der Waals surface area contributed by atoms with E-state index >= 15 is 0 Å². The van der Waals surface area contributed by atoms with Crippen LogP contribution in [0.15, 0.2) is 23.3 Å². The number of nitriles is 1. The van der Waals surface area contributed by atoms with Crippen LogP contribution in [0.4, 0.5) is 0 Å². The monoisotopic (exact) mass is 173 g/mol. The Kier molecular flexibility index (Phi) is 1.69. The summed E-state index contributed by atoms with van der Waals surface area (Å²) in [6, 6.07) is 1.86. The molecule has 0 saturated heterocycles. The zero-order valence-corrected chi connectivity index (χ0v) is 6.38. The number of hydrogen-bond donors (Lipinski definition) is 0. The van der Waals surface area contributed by atoms with E-state index < -0.39 is 0 Å². The van der Waals surface area contributed by atoms with Crippen molar-refractivity contribution >= 4 is 0 Å². The third-order valence-electron chi connectivity index (χ3n) is 1.33. The number of hydrogen-bond acceptors (Lipinski definition) is 6. The van der Waals surface area contributed by atoms with Gasteiger partial charge in [-0.25, -0.2) is 9.97 Å². The second-order valence-corrected chi connectivity index (χ2v) is 2.15. The molecule has 13 heavy (non-hydrogen) atoms. The highest BCUT2D eigenvalue weighted by molar-refractivity contribution is 5.45. The molecule has 2 aromatic rings. The maximum Gasteiger partial charge on any atom is 0.204 e. The molecular weight excluding hydrogens is 170 g/mol. The van der Waals surface area contributed by atoms with E-state index in [1.54, 1.807) is 0 Å². The second kappa shape index (κ2) is 2.98. The molecule has 2 heterocycles. The standard InChI is InChI=1S/C7H3N5O/c8-1-5-2-10-12-7(11-5)6-3-13-4-9-6/h2-4H. The van der Waals surface area contributed by atoms with Crippen LogP contribution in [0.3, 0.4) is 0 Å². The van der Waals surface area contributed by atoms with E-state index in [-0.39, 0.29) is 11.5 Å². The van der Waals surface area contributed by atoms with Crippen LogP contribution in [0.25, 0.3) is 11.5 Å². The number of rotatable bonds is 1. The summed E-state index contributed by atoms with van der Waals surface area (Å²) in [6.07, 6.45) is 3.93. The van der Waals surface area contributed by atoms with Gasteiger partial charge >= 0.3 is 0 Å². The minimum absolute atomic E-state index is 0.202. The van der Waals surface area contributed by atoms with Gasteiger partial charge in [-0.1, -0.05) is 0 Å². The van der Waals surface area contributed by atoms with E-state index in [1.807, 2.05) is 6.07 Å². The molecular formula is C7H3N5O. The fourth-order valence-electron chi connectivity index (χ4n) is 0.789. The summed E-state index contributed by atoms with van der Waals surface area (Å²) in [6.45, 7) is 0. The first-order valence-corrected chi connectivity index (χ1v) is 3.38. The van der Waals surface area contributed by atoms with Gasteiger partial charge in [-0.3, -0.25) is 0 Å². The van der Waals surface area contributed by atoms with Crippen LogP contribution in [0.1, 0.15) is 5.69 Å². The van der Waals surface area contributed by atoms with Gasteiger partial charge in [0.25, 0.3) is 0 Å². The van der Waals surface area contributed by atoms with Gasteiger partial charge in [-0.15, -0.1) is 5.10 Å². The third kappa shape index (κ3) is 1.35. The smallest absolute Gasteiger partial charge is 0.204 e. The predicted octanol–water partition coefficient (Wildman–Crippen LogP) is 0.398. The van der Waals surface area contributed by atoms with E-state index in [4.69, 9.17) is 9.68 Å². The molecule has 2 aromatic heterocycles. The zero-order valence-electron chi connectivity index (χ0n) is 6.38. The van der Waals surface area contributed by atoms with Crippen molar-refractivity contribution in [3.05, 3.63) is 24.5 Å². The fourth-order valence-corrected chi connectivity index (χ4v) is 0.789. The summed E-state index contributed by atoms with van der Waals surface area (Å²) in [4.78, 5) is 7.70. The van der Waals surface area contributed by atoms with E-state index in [2.05, 4.69) is 20.2 Å². The van der Waals surface area contributed by atoms with Gasteiger partial charge in [-0.2, -0.15) is 10.4 Å². The lowest BCUT2D eigenvalue weighted by molar-refractivity contribution is 0.558. The topological polar surface area (TPSA) is 88.5 Å². The Morgan fingerprint density at radius 1 is 1.46 bits per heavy atom. The molecule has 0 radical (unpaired) electrons. The Morgan fingerprint density at radius 3 is 3.08 bits per heavy atom. The fraction of sp³-hybridized carbons (Fsp3) is 0. The van der Waals surface area contributed by atoms with Crippen molar-refractivity contribution in [3.8, 4) is 17.6 Å². The summed E-state index contributed by atoms with van der Waals surface area (Å²) in [5.41, 5.74) is 0.664. The highest BCUT2D eigenvalue weighted by Gasteiger charge is 2.05. The lowest BCUT2D eigenvalue weighted by Gasteiger charge is -1.90. The van der Waals surface area contributed by atoms with Crippen molar-refractivity contribution in [1.82, 2.24) is 20.2 Å². The molecule has 0 atom stereocenters. The number of oxazole rings is 1. The molecule has 0 fully saturated rings. The first-order valence-electron chi connectivity index (χ1n) is 3.38. The van der Waals surface area contributed by atoms with Crippen LogP contribution in [0, 0.1) is 11.3 Å². The molecule has 0 aliphatic carbocycles. The minimum Gasteiger partial charge on any atom is -0.451 e. The number of aromatic nitrogens is 4. The Balaban J connectivity index is 2.49. The zero-order chi connectivity index (χ0) is 9.10. The van der Waals surface area contributed by atoms with E-state index in [0.29, 0.717) is 5.69 Å². The van der Waals surface area contributed by atoms with Crippen molar-refractivity contribution in [2.24, 2.45) is 0 Å². The Hall–Kier alpha value is -2.29. The predicted molar refractivity (Wildman–Crippen MR) is 40.0 cm³/mol. The molecule has 6 nitrogen and oxygen atoms in total. The maximum atomic E-state index is 8.54. The van der Waals surface area contributed by atoms with Crippen molar-refractivity contribution in [2.75, 3.05) is 0 Å². The van der Waals surface area contributed by atoms with Gasteiger partial charge in [0.2, 0.25) is 5.82 Å². The summed E-state index contributed by atoms with van der Waals surface area (Å²) in [5.74, 6) is 0.285. The van der Waals surface area contributed by atoms with Gasteiger partial charge < -0.3 is 4.42 Å². The van der Waals surface area contributed by atoms with Gasteiger partial charge in [0.15, 0.2) is 12.1 Å². The van der Waals surface area contributed by atoms with Crippen molar-refractivity contribution in [2.45, 2.75) is 0 Å². The van der Waals surface area contributed by atoms with Crippen LogP contribution in [-0.4, -0.2) is 20.2 Å². The Bertz CT molecular complexity index is 444. The second-order valence-electron chi connectivity index (χ2n) is 2.15. The maximum absolute atomic E-state index is 8.54. The normalized spacial score (nSPS) is 9.46. The third-order valence-corrected chi connectivity index (χ3v) is 1.33. The molecule has 62 valence electrons. The van der Waals surface area contributed by atoms with Crippen LogP contribution in [-0.2, 0) is 0 Å². The Labute approximate surface area is 72.9 Å². The summed E-state index contributed by atoms with van der Waals surface area (Å²) >= 11 is 0.